The van der Waals surface area contributed by atoms with Gasteiger partial charge in [0.2, 0.25) is 0 Å². The lowest BCUT2D eigenvalue weighted by molar-refractivity contribution is 0.100. The fourth-order valence-electron chi connectivity index (χ4n) is 1.86. The number of hydrogen-bond acceptors (Lipinski definition) is 2. The van der Waals surface area contributed by atoms with Crippen LogP contribution >= 0.6 is 0 Å². The van der Waals surface area contributed by atoms with E-state index in [9.17, 15) is 4.79 Å². The minimum atomic E-state index is -0.425. The lowest BCUT2D eigenvalue weighted by atomic mass is 10.1. The van der Waals surface area contributed by atoms with E-state index in [2.05, 4.69) is 0 Å². The summed E-state index contributed by atoms with van der Waals surface area (Å²) in [6.45, 7) is 0. The van der Waals surface area contributed by atoms with Gasteiger partial charge in [0.25, 0.3) is 5.91 Å². The summed E-state index contributed by atoms with van der Waals surface area (Å²) < 4.78 is 7.18. The van der Waals surface area contributed by atoms with E-state index in [1.54, 1.807) is 18.7 Å². The minimum absolute atomic E-state index is 0.425. The quantitative estimate of drug-likeness (QED) is 0.759. The van der Waals surface area contributed by atoms with Gasteiger partial charge in [-0.1, -0.05) is 12.1 Å². The number of ether oxygens (including phenoxy) is 1. The van der Waals surface area contributed by atoms with Crippen LogP contribution in [-0.2, 0) is 0 Å². The van der Waals surface area contributed by atoms with Crippen LogP contribution in [0.25, 0.3) is 17.1 Å². The number of benzene rings is 1. The Morgan fingerprint density at radius 2 is 2.27 bits per heavy atom. The first-order valence-electron chi connectivity index (χ1n) is 4.54. The highest BCUT2D eigenvalue weighted by atomic mass is 16.5. The van der Waals surface area contributed by atoms with Gasteiger partial charge in [0.1, 0.15) is 6.26 Å². The number of carbonyl (C=O) groups is 1. The third-order valence-electron chi connectivity index (χ3n) is 2.50. The molecular weight excluding hydrogens is 192 g/mol. The maximum absolute atomic E-state index is 11.2. The Labute approximate surface area is 85.5 Å². The third kappa shape index (κ3) is 0.985. The highest BCUT2D eigenvalue weighted by Gasteiger charge is 2.16. The van der Waals surface area contributed by atoms with Crippen molar-refractivity contribution in [1.29, 1.82) is 0 Å². The van der Waals surface area contributed by atoms with Crippen LogP contribution in [0.4, 0.5) is 0 Å². The van der Waals surface area contributed by atoms with Gasteiger partial charge in [-0.25, -0.2) is 0 Å². The van der Waals surface area contributed by atoms with Gasteiger partial charge in [-0.3, -0.25) is 4.79 Å². The normalized spacial score (nSPS) is 12.8. The summed E-state index contributed by atoms with van der Waals surface area (Å²) in [6, 6.07) is 5.55. The maximum Gasteiger partial charge on any atom is 0.250 e. The van der Waals surface area contributed by atoms with Crippen LogP contribution in [0, 0.1) is 0 Å². The van der Waals surface area contributed by atoms with Gasteiger partial charge in [-0.05, 0) is 6.07 Å². The number of rotatable bonds is 1. The first kappa shape index (κ1) is 8.11. The number of carbonyl (C=O) groups excluding carboxylic acids is 1. The number of nitrogens with zero attached hydrogens (tertiary/aromatic N) is 1. The van der Waals surface area contributed by atoms with Crippen molar-refractivity contribution in [3.63, 3.8) is 0 Å². The highest BCUT2D eigenvalue weighted by Crippen LogP contribution is 2.32. The molecule has 0 unspecified atom stereocenters. The largest absolute Gasteiger partial charge is 0.461 e. The topological polar surface area (TPSA) is 57.2 Å². The molecule has 0 aliphatic carbocycles. The molecule has 4 heteroatoms. The van der Waals surface area contributed by atoms with Crippen LogP contribution < -0.4 is 10.5 Å². The molecule has 0 atom stereocenters. The van der Waals surface area contributed by atoms with Crippen LogP contribution in [0.5, 0.6) is 5.75 Å². The fourth-order valence-corrected chi connectivity index (χ4v) is 1.86. The zero-order chi connectivity index (χ0) is 10.4. The molecule has 1 aromatic carbocycles. The molecule has 74 valence electrons. The Kier molecular flexibility index (Phi) is 1.42. The molecule has 1 aliphatic heterocycles. The molecule has 1 amide bonds. The second-order valence-electron chi connectivity index (χ2n) is 3.37. The van der Waals surface area contributed by atoms with E-state index < -0.39 is 5.91 Å². The third-order valence-corrected chi connectivity index (χ3v) is 2.50. The van der Waals surface area contributed by atoms with Gasteiger partial charge < -0.3 is 15.0 Å². The summed E-state index contributed by atoms with van der Waals surface area (Å²) >= 11 is 0. The van der Waals surface area contributed by atoms with Crippen molar-refractivity contribution in [3.8, 4) is 5.75 Å². The van der Waals surface area contributed by atoms with E-state index in [1.807, 2.05) is 22.8 Å². The van der Waals surface area contributed by atoms with E-state index in [-0.39, 0.29) is 0 Å². The Balaban J connectivity index is 2.48. The Morgan fingerprint density at radius 3 is 3.07 bits per heavy atom. The first-order valence-corrected chi connectivity index (χ1v) is 4.54. The maximum atomic E-state index is 11.2. The molecular formula is C11H8N2O2. The molecule has 0 saturated carbocycles. The standard InChI is InChI=1S/C11H8N2O2/c12-11(14)8-6-13-4-5-15-9-3-1-2-7(8)10(9)13/h1-6H,(H2,12,14). The summed E-state index contributed by atoms with van der Waals surface area (Å²) in [6.07, 6.45) is 5.05. The average Bonchev–Trinajstić information content (AvgIpc) is 2.61. The van der Waals surface area contributed by atoms with Crippen LogP contribution in [0.3, 0.4) is 0 Å². The highest BCUT2D eigenvalue weighted by molar-refractivity contribution is 6.08. The zero-order valence-electron chi connectivity index (χ0n) is 7.81. The van der Waals surface area contributed by atoms with Crippen molar-refractivity contribution in [2.45, 2.75) is 0 Å². The van der Waals surface area contributed by atoms with E-state index >= 15 is 0 Å². The van der Waals surface area contributed by atoms with Crippen molar-refractivity contribution < 1.29 is 9.53 Å². The van der Waals surface area contributed by atoms with Crippen LogP contribution in [0.1, 0.15) is 10.4 Å². The van der Waals surface area contributed by atoms with Gasteiger partial charge in [0.05, 0.1) is 11.1 Å². The first-order chi connectivity index (χ1) is 7.27. The molecule has 2 aromatic rings. The second kappa shape index (κ2) is 2.63. The lowest BCUT2D eigenvalue weighted by Gasteiger charge is -2.09. The number of hydrogen-bond donors (Lipinski definition) is 1. The monoisotopic (exact) mass is 200 g/mol. The van der Waals surface area contributed by atoms with Gasteiger partial charge in [0.15, 0.2) is 5.75 Å². The number of primary amides is 1. The van der Waals surface area contributed by atoms with Crippen molar-refractivity contribution in [2.75, 3.05) is 0 Å². The van der Waals surface area contributed by atoms with Gasteiger partial charge >= 0.3 is 0 Å². The van der Waals surface area contributed by atoms with E-state index in [4.69, 9.17) is 10.5 Å². The molecule has 3 rings (SSSR count). The number of para-hydroxylation sites is 1. The number of aromatic nitrogens is 1. The molecule has 0 spiro atoms. The Bertz CT molecular complexity index is 596. The van der Waals surface area contributed by atoms with Crippen molar-refractivity contribution in [1.82, 2.24) is 4.57 Å². The predicted molar refractivity (Wildman–Crippen MR) is 56.4 cm³/mol. The molecule has 1 aliphatic rings. The molecule has 0 radical (unpaired) electrons. The van der Waals surface area contributed by atoms with Crippen LogP contribution in [0.15, 0.2) is 30.7 Å². The zero-order valence-corrected chi connectivity index (χ0v) is 7.81. The van der Waals surface area contributed by atoms with Crippen LogP contribution in [-0.4, -0.2) is 10.5 Å². The summed E-state index contributed by atoms with van der Waals surface area (Å²) in [7, 11) is 0. The molecule has 2 heterocycles. The van der Waals surface area contributed by atoms with Crippen molar-refractivity contribution >= 4 is 23.0 Å². The predicted octanol–water partition coefficient (Wildman–Crippen LogP) is 1.56. The molecule has 0 saturated heterocycles. The van der Waals surface area contributed by atoms with Crippen molar-refractivity contribution in [2.24, 2.45) is 5.73 Å². The SMILES string of the molecule is NC(=O)c1cn2c3c(cccc13)OC=C2. The molecule has 4 nitrogen and oxygen atoms in total. The average molecular weight is 200 g/mol. The second-order valence-corrected chi connectivity index (χ2v) is 3.37. The van der Waals surface area contributed by atoms with Gasteiger partial charge in [-0.2, -0.15) is 0 Å². The molecule has 0 bridgehead atoms. The van der Waals surface area contributed by atoms with E-state index in [0.29, 0.717) is 5.56 Å². The summed E-state index contributed by atoms with van der Waals surface area (Å²) in [5.74, 6) is 0.314. The fraction of sp³-hybridized carbons (Fsp3) is 0. The van der Waals surface area contributed by atoms with Gasteiger partial charge in [-0.15, -0.1) is 0 Å². The summed E-state index contributed by atoms with van der Waals surface area (Å²) in [4.78, 5) is 11.2. The molecule has 1 aromatic heterocycles. The van der Waals surface area contributed by atoms with Crippen LogP contribution in [0.2, 0.25) is 0 Å². The Hall–Kier alpha value is -2.23. The molecule has 0 fully saturated rings. The molecule has 15 heavy (non-hydrogen) atoms. The van der Waals surface area contributed by atoms with E-state index in [1.165, 1.54) is 0 Å². The minimum Gasteiger partial charge on any atom is -0.461 e. The number of amides is 1. The smallest absolute Gasteiger partial charge is 0.250 e. The Morgan fingerprint density at radius 1 is 1.40 bits per heavy atom. The van der Waals surface area contributed by atoms with Gasteiger partial charge in [0, 0.05) is 17.8 Å². The summed E-state index contributed by atoms with van der Waals surface area (Å²) in [5, 5.41) is 0.823. The summed E-state index contributed by atoms with van der Waals surface area (Å²) in [5.41, 5.74) is 6.70. The lowest BCUT2D eigenvalue weighted by Crippen LogP contribution is -2.09. The van der Waals surface area contributed by atoms with Crippen molar-refractivity contribution in [3.05, 3.63) is 36.2 Å². The van der Waals surface area contributed by atoms with E-state index in [0.717, 1.165) is 16.7 Å². The molecule has 2 N–H and O–H groups in total. The number of nitrogens with two attached hydrogens (primary N) is 1.